The molecule has 1 unspecified atom stereocenters. The van der Waals surface area contributed by atoms with E-state index in [1.54, 1.807) is 14.2 Å². The molecule has 1 heterocycles. The van der Waals surface area contributed by atoms with Gasteiger partial charge >= 0.3 is 0 Å². The molecule has 6 heteroatoms. The highest BCUT2D eigenvalue weighted by Crippen LogP contribution is 2.51. The number of rotatable bonds is 7. The van der Waals surface area contributed by atoms with Crippen molar-refractivity contribution in [1.82, 2.24) is 9.97 Å². The SMILES string of the molecule is COc1ccc(N(c2ccc(OC)cc2)c2ccc(C3=CC4=C/C(=C(\C#N)c5nc6ccccc6[nH]5)CC(C)(C)C4CC3)cc2)cc1. The summed E-state index contributed by atoms with van der Waals surface area (Å²) in [5.74, 6) is 2.71. The molecule has 0 aliphatic heterocycles. The maximum absolute atomic E-state index is 10.3. The Labute approximate surface area is 276 Å². The molecule has 6 nitrogen and oxygen atoms in total. The Kier molecular flexibility index (Phi) is 7.91. The first-order valence-corrected chi connectivity index (χ1v) is 16.1. The molecule has 0 radical (unpaired) electrons. The Bertz CT molecular complexity index is 1980. The van der Waals surface area contributed by atoms with Crippen LogP contribution < -0.4 is 14.4 Å². The van der Waals surface area contributed by atoms with Gasteiger partial charge in [0.1, 0.15) is 23.4 Å². The van der Waals surface area contributed by atoms with Gasteiger partial charge in [-0.15, -0.1) is 0 Å². The van der Waals surface area contributed by atoms with E-state index in [2.05, 4.69) is 90.5 Å². The van der Waals surface area contributed by atoms with Gasteiger partial charge in [-0.25, -0.2) is 4.98 Å². The first-order chi connectivity index (χ1) is 22.9. The minimum Gasteiger partial charge on any atom is -0.497 e. The summed E-state index contributed by atoms with van der Waals surface area (Å²) in [5.41, 5.74) is 10.5. The number of methoxy groups -OCH3 is 2. The summed E-state index contributed by atoms with van der Waals surface area (Å²) in [4.78, 5) is 10.4. The predicted octanol–water partition coefficient (Wildman–Crippen LogP) is 10.2. The summed E-state index contributed by atoms with van der Waals surface area (Å²) >= 11 is 0. The van der Waals surface area contributed by atoms with Crippen LogP contribution in [0.2, 0.25) is 0 Å². The summed E-state index contributed by atoms with van der Waals surface area (Å²) < 4.78 is 10.8. The quantitative estimate of drug-likeness (QED) is 0.184. The van der Waals surface area contributed by atoms with Gasteiger partial charge in [-0.3, -0.25) is 0 Å². The summed E-state index contributed by atoms with van der Waals surface area (Å²) in [5, 5.41) is 10.3. The Morgan fingerprint density at radius 2 is 1.43 bits per heavy atom. The van der Waals surface area contributed by atoms with Crippen LogP contribution in [0.25, 0.3) is 22.2 Å². The lowest BCUT2D eigenvalue weighted by Gasteiger charge is -2.42. The third-order valence-corrected chi connectivity index (χ3v) is 9.59. The molecule has 0 bridgehead atoms. The predicted molar refractivity (Wildman–Crippen MR) is 190 cm³/mol. The van der Waals surface area contributed by atoms with E-state index in [0.717, 1.165) is 64.4 Å². The molecule has 1 aromatic heterocycles. The lowest BCUT2D eigenvalue weighted by Crippen LogP contribution is -2.31. The monoisotopic (exact) mass is 618 g/mol. The van der Waals surface area contributed by atoms with Gasteiger partial charge in [0.15, 0.2) is 0 Å². The molecule has 2 aliphatic carbocycles. The highest BCUT2D eigenvalue weighted by Gasteiger charge is 2.38. The highest BCUT2D eigenvalue weighted by atomic mass is 16.5. The Morgan fingerprint density at radius 1 is 0.830 bits per heavy atom. The molecule has 0 fully saturated rings. The van der Waals surface area contributed by atoms with Crippen LogP contribution in [0, 0.1) is 22.7 Å². The number of nitrogens with one attached hydrogen (secondary N) is 1. The number of ether oxygens (including phenoxy) is 2. The number of aromatic nitrogens is 2. The molecule has 0 amide bonds. The van der Waals surface area contributed by atoms with Crippen LogP contribution in [0.5, 0.6) is 11.5 Å². The zero-order chi connectivity index (χ0) is 32.5. The maximum Gasteiger partial charge on any atom is 0.149 e. The number of benzene rings is 4. The Hall–Kier alpha value is -5.54. The van der Waals surface area contributed by atoms with E-state index in [0.29, 0.717) is 17.3 Å². The number of allylic oxidation sites excluding steroid dienone is 6. The summed E-state index contributed by atoms with van der Waals surface area (Å²) in [6.45, 7) is 4.66. The fraction of sp³-hybridized carbons (Fsp3) is 0.220. The molecule has 7 rings (SSSR count). The minimum atomic E-state index is 0.0245. The maximum atomic E-state index is 10.3. The van der Waals surface area contributed by atoms with Gasteiger partial charge in [-0.2, -0.15) is 5.26 Å². The number of nitriles is 1. The second-order valence-electron chi connectivity index (χ2n) is 13.0. The standard InChI is InChI=1S/C41H38N4O2/c1-41(2)25-30(36(26-42)40-43-38-7-5-6-8-39(38)44-40)24-29-23-28(11-22-37(29)41)27-9-12-31(13-10-27)45(32-14-18-34(46-3)19-15-32)33-16-20-35(47-4)21-17-33/h5-10,12-21,23-24,37H,11,22,25H2,1-4H3,(H,43,44)/b36-30-. The van der Waals surface area contributed by atoms with Crippen molar-refractivity contribution in [2.75, 3.05) is 19.1 Å². The van der Waals surface area contributed by atoms with Crippen LogP contribution in [0.3, 0.4) is 0 Å². The van der Waals surface area contributed by atoms with Crippen LogP contribution >= 0.6 is 0 Å². The van der Waals surface area contributed by atoms with Crippen LogP contribution in [0.1, 0.15) is 44.5 Å². The number of hydrogen-bond acceptors (Lipinski definition) is 5. The number of imidazole rings is 1. The van der Waals surface area contributed by atoms with Crippen molar-refractivity contribution in [3.8, 4) is 17.6 Å². The van der Waals surface area contributed by atoms with Crippen LogP contribution in [-0.2, 0) is 0 Å². The molecule has 1 atom stereocenters. The van der Waals surface area contributed by atoms with Crippen molar-refractivity contribution in [2.24, 2.45) is 11.3 Å². The fourth-order valence-electron chi connectivity index (χ4n) is 7.16. The molecular weight excluding hydrogens is 580 g/mol. The average molecular weight is 619 g/mol. The van der Waals surface area contributed by atoms with Crippen LogP contribution in [-0.4, -0.2) is 24.2 Å². The molecule has 0 saturated carbocycles. The summed E-state index contributed by atoms with van der Waals surface area (Å²) in [6.07, 6.45) is 7.55. The lowest BCUT2D eigenvalue weighted by atomic mass is 9.62. The molecule has 1 N–H and O–H groups in total. The molecule has 0 spiro atoms. The normalized spacial score (nSPS) is 18.0. The Balaban J connectivity index is 1.24. The number of nitrogens with zero attached hydrogens (tertiary/aromatic N) is 3. The minimum absolute atomic E-state index is 0.0245. The number of aromatic amines is 1. The van der Waals surface area contributed by atoms with Crippen molar-refractivity contribution in [3.63, 3.8) is 0 Å². The number of anilines is 3. The first kappa shape index (κ1) is 30.1. The molecule has 5 aromatic rings. The summed E-state index contributed by atoms with van der Waals surface area (Å²) in [6, 6.07) is 35.5. The number of para-hydroxylation sites is 2. The second-order valence-corrected chi connectivity index (χ2v) is 13.0. The number of hydrogen-bond donors (Lipinski definition) is 1. The third kappa shape index (κ3) is 5.81. The van der Waals surface area contributed by atoms with Gasteiger partial charge in [0.25, 0.3) is 0 Å². The number of H-pyrrole nitrogens is 1. The van der Waals surface area contributed by atoms with Crippen molar-refractivity contribution in [2.45, 2.75) is 33.1 Å². The van der Waals surface area contributed by atoms with E-state index >= 15 is 0 Å². The first-order valence-electron chi connectivity index (χ1n) is 16.1. The second kappa shape index (κ2) is 12.3. The topological polar surface area (TPSA) is 74.2 Å². The van der Waals surface area contributed by atoms with E-state index in [1.807, 2.05) is 48.5 Å². The van der Waals surface area contributed by atoms with Crippen molar-refractivity contribution < 1.29 is 9.47 Å². The van der Waals surface area contributed by atoms with Crippen molar-refractivity contribution in [3.05, 3.63) is 132 Å². The fourth-order valence-corrected chi connectivity index (χ4v) is 7.16. The molecule has 47 heavy (non-hydrogen) atoms. The lowest BCUT2D eigenvalue weighted by molar-refractivity contribution is 0.228. The zero-order valence-corrected chi connectivity index (χ0v) is 27.2. The smallest absolute Gasteiger partial charge is 0.149 e. The molecule has 234 valence electrons. The molecular formula is C41H38N4O2. The van der Waals surface area contributed by atoms with Gasteiger partial charge in [-0.1, -0.05) is 50.3 Å². The summed E-state index contributed by atoms with van der Waals surface area (Å²) in [7, 11) is 3.36. The largest absolute Gasteiger partial charge is 0.497 e. The van der Waals surface area contributed by atoms with Gasteiger partial charge in [0.2, 0.25) is 0 Å². The Morgan fingerprint density at radius 3 is 2.00 bits per heavy atom. The third-order valence-electron chi connectivity index (χ3n) is 9.59. The zero-order valence-electron chi connectivity index (χ0n) is 27.2. The van der Waals surface area contributed by atoms with E-state index in [4.69, 9.17) is 14.5 Å². The van der Waals surface area contributed by atoms with Crippen LogP contribution in [0.15, 0.2) is 120 Å². The van der Waals surface area contributed by atoms with Crippen LogP contribution in [0.4, 0.5) is 17.1 Å². The molecule has 0 saturated heterocycles. The average Bonchev–Trinajstić information content (AvgIpc) is 3.53. The van der Waals surface area contributed by atoms with E-state index in [-0.39, 0.29) is 5.41 Å². The van der Waals surface area contributed by atoms with Gasteiger partial charge in [0.05, 0.1) is 30.8 Å². The highest BCUT2D eigenvalue weighted by molar-refractivity contribution is 5.85. The number of fused-ring (bicyclic) bond motifs is 2. The van der Waals surface area contributed by atoms with Gasteiger partial charge in [-0.05, 0) is 126 Å². The van der Waals surface area contributed by atoms with Crippen molar-refractivity contribution in [1.29, 1.82) is 5.26 Å². The molecule has 4 aromatic carbocycles. The van der Waals surface area contributed by atoms with E-state index < -0.39 is 0 Å². The van der Waals surface area contributed by atoms with Gasteiger partial charge < -0.3 is 19.4 Å². The van der Waals surface area contributed by atoms with Crippen molar-refractivity contribution >= 4 is 39.2 Å². The van der Waals surface area contributed by atoms with Gasteiger partial charge in [0, 0.05) is 17.1 Å². The molecule has 2 aliphatic rings. The van der Waals surface area contributed by atoms with E-state index in [9.17, 15) is 5.26 Å². The van der Waals surface area contributed by atoms with E-state index in [1.165, 1.54) is 16.7 Å².